The van der Waals surface area contributed by atoms with E-state index in [2.05, 4.69) is 4.99 Å². The Hall–Kier alpha value is -1.96. The molecule has 0 atom stereocenters. The third-order valence-corrected chi connectivity index (χ3v) is 2.32. The van der Waals surface area contributed by atoms with E-state index in [9.17, 15) is 4.39 Å². The normalized spacial score (nSPS) is 10.9. The number of benzene rings is 2. The van der Waals surface area contributed by atoms with Gasteiger partial charge in [0.25, 0.3) is 0 Å². The summed E-state index contributed by atoms with van der Waals surface area (Å²) in [5.41, 5.74) is 2.64. The Balaban J connectivity index is 2.27. The van der Waals surface area contributed by atoms with Crippen molar-refractivity contribution in [2.45, 2.75) is 6.92 Å². The van der Waals surface area contributed by atoms with Crippen LogP contribution in [0.25, 0.3) is 0 Å². The van der Waals surface area contributed by atoms with Gasteiger partial charge >= 0.3 is 0 Å². The molecule has 0 heterocycles. The first kappa shape index (κ1) is 10.6. The van der Waals surface area contributed by atoms with Crippen molar-refractivity contribution in [1.29, 1.82) is 0 Å². The Bertz CT molecular complexity index is 503. The summed E-state index contributed by atoms with van der Waals surface area (Å²) in [7, 11) is 0. The smallest absolute Gasteiger partial charge is 0.125 e. The first-order valence-corrected chi connectivity index (χ1v) is 5.11. The second kappa shape index (κ2) is 4.71. The van der Waals surface area contributed by atoms with Crippen LogP contribution in [0, 0.1) is 12.7 Å². The van der Waals surface area contributed by atoms with Crippen LogP contribution in [-0.4, -0.2) is 6.21 Å². The van der Waals surface area contributed by atoms with E-state index in [1.165, 1.54) is 12.1 Å². The second-order valence-corrected chi connectivity index (χ2v) is 3.60. The molecule has 0 fully saturated rings. The number of aryl methyl sites for hydroxylation is 1. The van der Waals surface area contributed by atoms with E-state index in [0.29, 0.717) is 5.69 Å². The monoisotopic (exact) mass is 213 g/mol. The number of halogens is 1. The lowest BCUT2D eigenvalue weighted by molar-refractivity contribution is 0.628. The maximum atomic E-state index is 13.0. The third-order valence-electron chi connectivity index (χ3n) is 2.32. The maximum Gasteiger partial charge on any atom is 0.125 e. The average Bonchev–Trinajstić information content (AvgIpc) is 2.32. The molecule has 1 nitrogen and oxygen atoms in total. The van der Waals surface area contributed by atoms with Crippen molar-refractivity contribution in [3.8, 4) is 0 Å². The van der Waals surface area contributed by atoms with Crippen LogP contribution in [0.1, 0.15) is 11.1 Å². The molecule has 2 aromatic carbocycles. The van der Waals surface area contributed by atoms with Gasteiger partial charge in [-0.1, -0.05) is 36.4 Å². The van der Waals surface area contributed by atoms with E-state index in [0.717, 1.165) is 11.1 Å². The maximum absolute atomic E-state index is 13.0. The van der Waals surface area contributed by atoms with E-state index >= 15 is 0 Å². The Kier molecular flexibility index (Phi) is 3.10. The lowest BCUT2D eigenvalue weighted by atomic mass is 10.2. The summed E-state index contributed by atoms with van der Waals surface area (Å²) in [6.45, 7) is 1.91. The van der Waals surface area contributed by atoms with Crippen molar-refractivity contribution in [3.05, 3.63) is 65.5 Å². The molecule has 0 aliphatic rings. The Morgan fingerprint density at radius 1 is 1.06 bits per heavy atom. The standard InChI is InChI=1S/C14H12FN/c1-11-7-8-13(15)9-14(11)16-10-12-5-3-2-4-6-12/h2-10H,1H3. The van der Waals surface area contributed by atoms with E-state index in [1.807, 2.05) is 37.3 Å². The third kappa shape index (κ3) is 2.54. The highest BCUT2D eigenvalue weighted by Gasteiger charge is 1.97. The summed E-state index contributed by atoms with van der Waals surface area (Å²) < 4.78 is 13.0. The van der Waals surface area contributed by atoms with Gasteiger partial charge < -0.3 is 0 Å². The van der Waals surface area contributed by atoms with Crippen LogP contribution in [0.4, 0.5) is 10.1 Å². The van der Waals surface area contributed by atoms with Crippen molar-refractivity contribution >= 4 is 11.9 Å². The molecule has 80 valence electrons. The van der Waals surface area contributed by atoms with Gasteiger partial charge in [0.05, 0.1) is 5.69 Å². The summed E-state index contributed by atoms with van der Waals surface area (Å²) in [5, 5.41) is 0. The summed E-state index contributed by atoms with van der Waals surface area (Å²) in [4.78, 5) is 4.27. The van der Waals surface area contributed by atoms with Crippen LogP contribution in [0.15, 0.2) is 53.5 Å². The van der Waals surface area contributed by atoms with Crippen molar-refractivity contribution < 1.29 is 4.39 Å². The molecule has 0 amide bonds. The van der Waals surface area contributed by atoms with Gasteiger partial charge in [0.15, 0.2) is 0 Å². The molecule has 0 aliphatic heterocycles. The summed E-state index contributed by atoms with van der Waals surface area (Å²) in [5.74, 6) is -0.259. The molecule has 2 heteroatoms. The fourth-order valence-corrected chi connectivity index (χ4v) is 1.40. The number of aliphatic imine (C=N–C) groups is 1. The van der Waals surface area contributed by atoms with Crippen LogP contribution < -0.4 is 0 Å². The minimum absolute atomic E-state index is 0.259. The van der Waals surface area contributed by atoms with E-state index in [4.69, 9.17) is 0 Å². The SMILES string of the molecule is Cc1ccc(F)cc1N=Cc1ccccc1. The molecule has 0 aliphatic carbocycles. The highest BCUT2D eigenvalue weighted by Crippen LogP contribution is 2.19. The second-order valence-electron chi connectivity index (χ2n) is 3.60. The molecule has 0 unspecified atom stereocenters. The van der Waals surface area contributed by atoms with Gasteiger partial charge in [0.2, 0.25) is 0 Å². The van der Waals surface area contributed by atoms with Gasteiger partial charge in [0.1, 0.15) is 5.82 Å². The Labute approximate surface area is 94.3 Å². The van der Waals surface area contributed by atoms with Crippen LogP contribution in [-0.2, 0) is 0 Å². The summed E-state index contributed by atoms with van der Waals surface area (Å²) >= 11 is 0. The molecule has 2 aromatic rings. The first-order valence-electron chi connectivity index (χ1n) is 5.11. The lowest BCUT2D eigenvalue weighted by Gasteiger charge is -1.99. The molecule has 0 bridgehead atoms. The van der Waals surface area contributed by atoms with Gasteiger partial charge in [-0.2, -0.15) is 0 Å². The summed E-state index contributed by atoms with van der Waals surface area (Å²) in [6, 6.07) is 14.4. The van der Waals surface area contributed by atoms with Gasteiger partial charge in [0, 0.05) is 6.21 Å². The van der Waals surface area contributed by atoms with Gasteiger partial charge in [-0.05, 0) is 30.2 Å². The van der Waals surface area contributed by atoms with Crippen LogP contribution in [0.5, 0.6) is 0 Å². The molecular weight excluding hydrogens is 201 g/mol. The largest absolute Gasteiger partial charge is 0.256 e. The topological polar surface area (TPSA) is 12.4 Å². The molecule has 16 heavy (non-hydrogen) atoms. The van der Waals surface area contributed by atoms with E-state index in [1.54, 1.807) is 12.3 Å². The lowest BCUT2D eigenvalue weighted by Crippen LogP contribution is -1.81. The molecule has 0 saturated heterocycles. The average molecular weight is 213 g/mol. The van der Waals surface area contributed by atoms with Crippen molar-refractivity contribution in [1.82, 2.24) is 0 Å². The zero-order valence-electron chi connectivity index (χ0n) is 9.02. The fraction of sp³-hybridized carbons (Fsp3) is 0.0714. The van der Waals surface area contributed by atoms with Gasteiger partial charge in [-0.15, -0.1) is 0 Å². The van der Waals surface area contributed by atoms with E-state index < -0.39 is 0 Å². The molecule has 0 aromatic heterocycles. The predicted octanol–water partition coefficient (Wildman–Crippen LogP) is 3.88. The number of rotatable bonds is 2. The van der Waals surface area contributed by atoms with Crippen molar-refractivity contribution in [3.63, 3.8) is 0 Å². The molecule has 0 saturated carbocycles. The minimum atomic E-state index is -0.259. The first-order chi connectivity index (χ1) is 7.75. The molecule has 0 N–H and O–H groups in total. The summed E-state index contributed by atoms with van der Waals surface area (Å²) in [6.07, 6.45) is 1.74. The fourth-order valence-electron chi connectivity index (χ4n) is 1.40. The molecule has 2 rings (SSSR count). The minimum Gasteiger partial charge on any atom is -0.256 e. The van der Waals surface area contributed by atoms with Crippen LogP contribution in [0.2, 0.25) is 0 Å². The van der Waals surface area contributed by atoms with Crippen molar-refractivity contribution in [2.75, 3.05) is 0 Å². The van der Waals surface area contributed by atoms with E-state index in [-0.39, 0.29) is 5.82 Å². The quantitative estimate of drug-likeness (QED) is 0.671. The predicted molar refractivity (Wildman–Crippen MR) is 64.8 cm³/mol. The van der Waals surface area contributed by atoms with Gasteiger partial charge in [-0.3, -0.25) is 4.99 Å². The van der Waals surface area contributed by atoms with Crippen LogP contribution >= 0.6 is 0 Å². The Morgan fingerprint density at radius 3 is 2.56 bits per heavy atom. The number of hydrogen-bond acceptors (Lipinski definition) is 1. The van der Waals surface area contributed by atoms with Crippen LogP contribution in [0.3, 0.4) is 0 Å². The van der Waals surface area contributed by atoms with Gasteiger partial charge in [-0.25, -0.2) is 4.39 Å². The molecule has 0 radical (unpaired) electrons. The molecule has 0 spiro atoms. The number of hydrogen-bond donors (Lipinski definition) is 0. The number of nitrogens with zero attached hydrogens (tertiary/aromatic N) is 1. The van der Waals surface area contributed by atoms with Crippen molar-refractivity contribution in [2.24, 2.45) is 4.99 Å². The zero-order chi connectivity index (χ0) is 11.4. The Morgan fingerprint density at radius 2 is 1.81 bits per heavy atom. The molecular formula is C14H12FN. The highest BCUT2D eigenvalue weighted by molar-refractivity contribution is 5.82. The zero-order valence-corrected chi connectivity index (χ0v) is 9.02. The highest BCUT2D eigenvalue weighted by atomic mass is 19.1.